The van der Waals surface area contributed by atoms with Crippen molar-refractivity contribution in [2.45, 2.75) is 31.9 Å². The van der Waals surface area contributed by atoms with Crippen LogP contribution in [0.4, 0.5) is 0 Å². The van der Waals surface area contributed by atoms with Gasteiger partial charge in [-0.05, 0) is 45.0 Å². The van der Waals surface area contributed by atoms with Crippen LogP contribution >= 0.6 is 11.6 Å². The number of halogens is 1. The van der Waals surface area contributed by atoms with Crippen molar-refractivity contribution in [2.24, 2.45) is 0 Å². The van der Waals surface area contributed by atoms with Crippen molar-refractivity contribution < 1.29 is 5.11 Å². The average molecular weight is 284 g/mol. The molecule has 1 atom stereocenters. The third-order valence-corrected chi connectivity index (χ3v) is 3.84. The molecule has 0 saturated carbocycles. The van der Waals surface area contributed by atoms with Gasteiger partial charge in [-0.15, -0.1) is 0 Å². The molecule has 2 N–H and O–H groups in total. The number of nitrogens with one attached hydrogen (secondary N) is 1. The fraction of sp³-hybridized carbons (Fsp3) is 0.643. The van der Waals surface area contributed by atoms with Crippen molar-refractivity contribution in [1.29, 1.82) is 0 Å². The first kappa shape index (κ1) is 14.7. The molecule has 0 radical (unpaired) electrons. The maximum atomic E-state index is 9.58. The van der Waals surface area contributed by atoms with E-state index in [0.29, 0.717) is 0 Å². The van der Waals surface area contributed by atoms with Crippen molar-refractivity contribution in [2.75, 3.05) is 26.2 Å². The Hall–Kier alpha value is -0.680. The summed E-state index contributed by atoms with van der Waals surface area (Å²) < 4.78 is 0. The standard InChI is InChI=1S/C14H22ClN3O/c15-14-4-6-17-10-12(14)9-16-5-2-8-18-7-1-3-13(19)11-18/h4,6,10,13,16,19H,1-3,5,7-9,11H2. The second kappa shape index (κ2) is 7.80. The summed E-state index contributed by atoms with van der Waals surface area (Å²) in [5.74, 6) is 0. The Kier molecular flexibility index (Phi) is 6.04. The first-order valence-corrected chi connectivity index (χ1v) is 7.33. The summed E-state index contributed by atoms with van der Waals surface area (Å²) >= 11 is 6.06. The largest absolute Gasteiger partial charge is 0.392 e. The number of likely N-dealkylation sites (tertiary alicyclic amines) is 1. The first-order valence-electron chi connectivity index (χ1n) is 6.95. The van der Waals surface area contributed by atoms with Crippen LogP contribution in [0.3, 0.4) is 0 Å². The minimum atomic E-state index is -0.129. The van der Waals surface area contributed by atoms with Gasteiger partial charge < -0.3 is 15.3 Å². The highest BCUT2D eigenvalue weighted by atomic mass is 35.5. The van der Waals surface area contributed by atoms with E-state index in [1.807, 2.05) is 6.07 Å². The van der Waals surface area contributed by atoms with Crippen LogP contribution in [-0.2, 0) is 6.54 Å². The maximum absolute atomic E-state index is 9.58. The molecule has 1 fully saturated rings. The third kappa shape index (κ3) is 5.07. The van der Waals surface area contributed by atoms with Crippen LogP contribution in [0.5, 0.6) is 0 Å². The third-order valence-electron chi connectivity index (χ3n) is 3.47. The molecule has 1 unspecified atom stereocenters. The van der Waals surface area contributed by atoms with Gasteiger partial charge in [-0.3, -0.25) is 4.98 Å². The van der Waals surface area contributed by atoms with E-state index in [2.05, 4.69) is 15.2 Å². The molecule has 2 heterocycles. The van der Waals surface area contributed by atoms with Crippen LogP contribution < -0.4 is 5.32 Å². The molecule has 1 aliphatic heterocycles. The highest BCUT2D eigenvalue weighted by molar-refractivity contribution is 6.31. The lowest BCUT2D eigenvalue weighted by molar-refractivity contribution is 0.0702. The molecule has 1 saturated heterocycles. The number of nitrogens with zero attached hydrogens (tertiary/aromatic N) is 2. The molecule has 19 heavy (non-hydrogen) atoms. The molecule has 1 aromatic heterocycles. The minimum Gasteiger partial charge on any atom is -0.392 e. The summed E-state index contributed by atoms with van der Waals surface area (Å²) in [6, 6.07) is 1.81. The van der Waals surface area contributed by atoms with Crippen molar-refractivity contribution >= 4 is 11.6 Å². The Labute approximate surface area is 119 Å². The predicted molar refractivity (Wildman–Crippen MR) is 77.3 cm³/mol. The van der Waals surface area contributed by atoms with Gasteiger partial charge in [-0.1, -0.05) is 11.6 Å². The molecule has 106 valence electrons. The summed E-state index contributed by atoms with van der Waals surface area (Å²) in [7, 11) is 0. The van der Waals surface area contributed by atoms with Gasteiger partial charge in [0.15, 0.2) is 0 Å². The van der Waals surface area contributed by atoms with E-state index < -0.39 is 0 Å². The molecule has 0 bridgehead atoms. The van der Waals surface area contributed by atoms with E-state index in [-0.39, 0.29) is 6.10 Å². The Morgan fingerprint density at radius 1 is 1.53 bits per heavy atom. The summed E-state index contributed by atoms with van der Waals surface area (Å²) in [4.78, 5) is 6.41. The zero-order valence-electron chi connectivity index (χ0n) is 11.2. The van der Waals surface area contributed by atoms with Crippen molar-refractivity contribution in [3.8, 4) is 0 Å². The zero-order chi connectivity index (χ0) is 13.5. The normalized spacial score (nSPS) is 20.6. The van der Waals surface area contributed by atoms with Crippen LogP contribution in [0.15, 0.2) is 18.5 Å². The van der Waals surface area contributed by atoms with Gasteiger partial charge in [0.05, 0.1) is 6.10 Å². The Morgan fingerprint density at radius 2 is 2.42 bits per heavy atom. The number of pyridine rings is 1. The van der Waals surface area contributed by atoms with E-state index in [4.69, 9.17) is 11.6 Å². The number of aliphatic hydroxyl groups excluding tert-OH is 1. The number of β-amino-alcohol motifs (C(OH)–C–C–N with tert-alkyl or cyclic N) is 1. The van der Waals surface area contributed by atoms with Gasteiger partial charge >= 0.3 is 0 Å². The fourth-order valence-electron chi connectivity index (χ4n) is 2.43. The van der Waals surface area contributed by atoms with Gasteiger partial charge in [-0.2, -0.15) is 0 Å². The lowest BCUT2D eigenvalue weighted by atomic mass is 10.1. The zero-order valence-corrected chi connectivity index (χ0v) is 11.9. The summed E-state index contributed by atoms with van der Waals surface area (Å²) in [6.45, 7) is 4.71. The molecule has 0 aliphatic carbocycles. The van der Waals surface area contributed by atoms with Crippen molar-refractivity contribution in [3.05, 3.63) is 29.0 Å². The Morgan fingerprint density at radius 3 is 3.21 bits per heavy atom. The number of piperidine rings is 1. The Bertz CT molecular complexity index is 389. The molecular weight excluding hydrogens is 262 g/mol. The van der Waals surface area contributed by atoms with Gasteiger partial charge in [-0.25, -0.2) is 0 Å². The maximum Gasteiger partial charge on any atom is 0.0667 e. The minimum absolute atomic E-state index is 0.129. The number of hydrogen-bond donors (Lipinski definition) is 2. The molecule has 0 amide bonds. The highest BCUT2D eigenvalue weighted by Crippen LogP contribution is 2.13. The van der Waals surface area contributed by atoms with Crippen LogP contribution in [0, 0.1) is 0 Å². The summed E-state index contributed by atoms with van der Waals surface area (Å²) in [5.41, 5.74) is 1.04. The number of rotatable bonds is 6. The van der Waals surface area contributed by atoms with E-state index >= 15 is 0 Å². The summed E-state index contributed by atoms with van der Waals surface area (Å²) in [6.07, 6.45) is 6.53. The lowest BCUT2D eigenvalue weighted by Crippen LogP contribution is -2.39. The molecule has 5 heteroatoms. The van der Waals surface area contributed by atoms with E-state index in [1.54, 1.807) is 12.4 Å². The number of aromatic nitrogens is 1. The smallest absolute Gasteiger partial charge is 0.0667 e. The second-order valence-electron chi connectivity index (χ2n) is 5.09. The monoisotopic (exact) mass is 283 g/mol. The highest BCUT2D eigenvalue weighted by Gasteiger charge is 2.16. The molecule has 4 nitrogen and oxygen atoms in total. The van der Waals surface area contributed by atoms with Gasteiger partial charge in [0.2, 0.25) is 0 Å². The van der Waals surface area contributed by atoms with Crippen molar-refractivity contribution in [1.82, 2.24) is 15.2 Å². The van der Waals surface area contributed by atoms with E-state index in [0.717, 1.165) is 62.6 Å². The quantitative estimate of drug-likeness (QED) is 0.780. The van der Waals surface area contributed by atoms with Crippen molar-refractivity contribution in [3.63, 3.8) is 0 Å². The molecular formula is C14H22ClN3O. The first-order chi connectivity index (χ1) is 9.25. The van der Waals surface area contributed by atoms with Crippen LogP contribution in [0.25, 0.3) is 0 Å². The number of hydrogen-bond acceptors (Lipinski definition) is 4. The lowest BCUT2D eigenvalue weighted by Gasteiger charge is -2.29. The molecule has 0 spiro atoms. The summed E-state index contributed by atoms with van der Waals surface area (Å²) in [5, 5.41) is 13.7. The second-order valence-corrected chi connectivity index (χ2v) is 5.50. The van der Waals surface area contributed by atoms with Gasteiger partial charge in [0.1, 0.15) is 0 Å². The average Bonchev–Trinajstić information content (AvgIpc) is 2.40. The van der Waals surface area contributed by atoms with Crippen LogP contribution in [0.2, 0.25) is 5.02 Å². The van der Waals surface area contributed by atoms with Gasteiger partial charge in [0.25, 0.3) is 0 Å². The molecule has 2 rings (SSSR count). The number of aliphatic hydroxyl groups is 1. The van der Waals surface area contributed by atoms with Crippen LogP contribution in [-0.4, -0.2) is 47.3 Å². The van der Waals surface area contributed by atoms with E-state index in [9.17, 15) is 5.11 Å². The molecule has 1 aromatic rings. The topological polar surface area (TPSA) is 48.4 Å². The van der Waals surface area contributed by atoms with Gasteiger partial charge in [0, 0.05) is 36.1 Å². The van der Waals surface area contributed by atoms with Crippen LogP contribution in [0.1, 0.15) is 24.8 Å². The molecule has 1 aliphatic rings. The Balaban J connectivity index is 1.58. The fourth-order valence-corrected chi connectivity index (χ4v) is 2.60. The predicted octanol–water partition coefficient (Wildman–Crippen LogP) is 1.67. The molecule has 0 aromatic carbocycles. The SMILES string of the molecule is OC1CCCN(CCCNCc2cnccc2Cl)C1. The van der Waals surface area contributed by atoms with E-state index in [1.165, 1.54) is 0 Å².